The summed E-state index contributed by atoms with van der Waals surface area (Å²) in [5.74, 6) is 2.59. The van der Waals surface area contributed by atoms with Gasteiger partial charge in [-0.3, -0.25) is 9.69 Å². The van der Waals surface area contributed by atoms with Crippen LogP contribution in [0.1, 0.15) is 39.8 Å². The van der Waals surface area contributed by atoms with Gasteiger partial charge >= 0.3 is 6.09 Å². The van der Waals surface area contributed by atoms with Gasteiger partial charge in [-0.1, -0.05) is 36.3 Å². The standard InChI is InChI=1S/C24H28N4O3S/c1-2-16-31-24(30)28-10-8-20(9-11-28)22-25-21(18-32-22)23(29)27-14-12-26(13-15-27)17-19-6-4-3-5-7-19/h1,3-7,18,20H,8-17H2. The lowest BCUT2D eigenvalue weighted by Crippen LogP contribution is -2.48. The molecule has 0 atom stereocenters. The van der Waals surface area contributed by atoms with E-state index in [2.05, 4.69) is 40.1 Å². The maximum atomic E-state index is 13.0. The second-order valence-corrected chi connectivity index (χ2v) is 9.03. The number of nitrogens with zero attached hydrogens (tertiary/aromatic N) is 4. The molecule has 3 heterocycles. The molecule has 1 aromatic heterocycles. The van der Waals surface area contributed by atoms with Crippen molar-refractivity contribution in [3.63, 3.8) is 0 Å². The summed E-state index contributed by atoms with van der Waals surface area (Å²) in [6.07, 6.45) is 6.40. The van der Waals surface area contributed by atoms with Gasteiger partial charge in [0.1, 0.15) is 5.69 Å². The molecular formula is C24H28N4O3S. The fraction of sp³-hybridized carbons (Fsp3) is 0.458. The molecule has 2 aliphatic rings. The Morgan fingerprint density at radius 2 is 1.78 bits per heavy atom. The summed E-state index contributed by atoms with van der Waals surface area (Å²) in [5, 5.41) is 2.86. The van der Waals surface area contributed by atoms with E-state index in [9.17, 15) is 9.59 Å². The highest BCUT2D eigenvalue weighted by molar-refractivity contribution is 7.09. The Morgan fingerprint density at radius 3 is 2.47 bits per heavy atom. The summed E-state index contributed by atoms with van der Waals surface area (Å²) in [7, 11) is 0. The molecule has 0 saturated carbocycles. The van der Waals surface area contributed by atoms with Crippen LogP contribution in [0.2, 0.25) is 0 Å². The third-order valence-electron chi connectivity index (χ3n) is 6.03. The number of hydrogen-bond acceptors (Lipinski definition) is 6. The molecule has 0 bridgehead atoms. The number of thiazole rings is 1. The average molecular weight is 453 g/mol. The minimum absolute atomic E-state index is 0.00275. The van der Waals surface area contributed by atoms with Gasteiger partial charge in [-0.25, -0.2) is 9.78 Å². The third kappa shape index (κ3) is 5.47. The Kier molecular flexibility index (Phi) is 7.40. The SMILES string of the molecule is C#CCOC(=O)N1CCC(c2nc(C(=O)N3CCN(Cc4ccccc4)CC3)cs2)CC1. The number of amides is 2. The number of piperidine rings is 1. The number of likely N-dealkylation sites (tertiary alicyclic amines) is 1. The van der Waals surface area contributed by atoms with Gasteiger partial charge in [0, 0.05) is 57.1 Å². The van der Waals surface area contributed by atoms with E-state index in [0.29, 0.717) is 18.8 Å². The van der Waals surface area contributed by atoms with Crippen molar-refractivity contribution in [3.8, 4) is 12.3 Å². The minimum atomic E-state index is -0.359. The van der Waals surface area contributed by atoms with Crippen molar-refractivity contribution in [3.05, 3.63) is 52.0 Å². The molecule has 8 heteroatoms. The normalized spacial score (nSPS) is 17.7. The maximum absolute atomic E-state index is 13.0. The molecule has 2 saturated heterocycles. The van der Waals surface area contributed by atoms with Gasteiger partial charge in [0.15, 0.2) is 6.61 Å². The molecule has 0 spiro atoms. The fourth-order valence-corrected chi connectivity index (χ4v) is 5.15. The Bertz CT molecular complexity index is 955. The average Bonchev–Trinajstić information content (AvgIpc) is 3.34. The highest BCUT2D eigenvalue weighted by atomic mass is 32.1. The summed E-state index contributed by atoms with van der Waals surface area (Å²) in [5.41, 5.74) is 1.84. The first-order chi connectivity index (χ1) is 15.6. The number of rotatable bonds is 5. The van der Waals surface area contributed by atoms with E-state index >= 15 is 0 Å². The molecule has 2 aromatic rings. The molecule has 7 nitrogen and oxygen atoms in total. The van der Waals surface area contributed by atoms with Crippen molar-refractivity contribution < 1.29 is 14.3 Å². The number of aromatic nitrogens is 1. The first-order valence-electron chi connectivity index (χ1n) is 11.0. The van der Waals surface area contributed by atoms with Crippen LogP contribution in [0.5, 0.6) is 0 Å². The van der Waals surface area contributed by atoms with Gasteiger partial charge in [0.2, 0.25) is 0 Å². The van der Waals surface area contributed by atoms with Crippen LogP contribution < -0.4 is 0 Å². The van der Waals surface area contributed by atoms with Crippen molar-refractivity contribution in [2.75, 3.05) is 45.9 Å². The van der Waals surface area contributed by atoms with Crippen molar-refractivity contribution in [1.82, 2.24) is 19.7 Å². The molecular weight excluding hydrogens is 424 g/mol. The van der Waals surface area contributed by atoms with E-state index < -0.39 is 0 Å². The lowest BCUT2D eigenvalue weighted by atomic mass is 9.98. The number of benzene rings is 1. The van der Waals surface area contributed by atoms with Crippen LogP contribution >= 0.6 is 11.3 Å². The number of ether oxygens (including phenoxy) is 1. The van der Waals surface area contributed by atoms with Gasteiger partial charge in [-0.2, -0.15) is 0 Å². The van der Waals surface area contributed by atoms with Crippen molar-refractivity contribution in [1.29, 1.82) is 0 Å². The lowest BCUT2D eigenvalue weighted by Gasteiger charge is -2.34. The molecule has 4 rings (SSSR count). The molecule has 0 aliphatic carbocycles. The van der Waals surface area contributed by atoms with Gasteiger partial charge in [-0.15, -0.1) is 17.8 Å². The Hall–Kier alpha value is -2.89. The topological polar surface area (TPSA) is 66.0 Å². The number of terminal acetylenes is 1. The van der Waals surface area contributed by atoms with Crippen LogP contribution in [0, 0.1) is 12.3 Å². The molecule has 32 heavy (non-hydrogen) atoms. The monoisotopic (exact) mass is 452 g/mol. The number of hydrogen-bond donors (Lipinski definition) is 0. The highest BCUT2D eigenvalue weighted by Crippen LogP contribution is 2.31. The predicted molar refractivity (Wildman–Crippen MR) is 123 cm³/mol. The lowest BCUT2D eigenvalue weighted by molar-refractivity contribution is 0.0623. The van der Waals surface area contributed by atoms with Gasteiger partial charge in [-0.05, 0) is 18.4 Å². The van der Waals surface area contributed by atoms with Crippen LogP contribution in [-0.2, 0) is 11.3 Å². The van der Waals surface area contributed by atoms with E-state index in [1.165, 1.54) is 5.56 Å². The molecule has 2 aliphatic heterocycles. The zero-order valence-corrected chi connectivity index (χ0v) is 18.9. The third-order valence-corrected chi connectivity index (χ3v) is 7.04. The molecule has 2 fully saturated rings. The highest BCUT2D eigenvalue weighted by Gasteiger charge is 2.28. The van der Waals surface area contributed by atoms with Crippen LogP contribution in [0.3, 0.4) is 0 Å². The molecule has 0 radical (unpaired) electrons. The number of carbonyl (C=O) groups is 2. The smallest absolute Gasteiger partial charge is 0.410 e. The minimum Gasteiger partial charge on any atom is -0.436 e. The quantitative estimate of drug-likeness (QED) is 0.653. The van der Waals surface area contributed by atoms with Crippen molar-refractivity contribution >= 4 is 23.3 Å². The molecule has 168 valence electrons. The van der Waals surface area contributed by atoms with Gasteiger partial charge in [0.05, 0.1) is 5.01 Å². The van der Waals surface area contributed by atoms with Crippen LogP contribution in [0.4, 0.5) is 4.79 Å². The summed E-state index contributed by atoms with van der Waals surface area (Å²) >= 11 is 1.54. The zero-order chi connectivity index (χ0) is 22.3. The largest absolute Gasteiger partial charge is 0.436 e. The van der Waals surface area contributed by atoms with E-state index in [0.717, 1.165) is 50.6 Å². The molecule has 2 amide bonds. The number of carbonyl (C=O) groups excluding carboxylic acids is 2. The van der Waals surface area contributed by atoms with E-state index in [1.807, 2.05) is 16.3 Å². The van der Waals surface area contributed by atoms with Crippen molar-refractivity contribution in [2.24, 2.45) is 0 Å². The first-order valence-corrected chi connectivity index (χ1v) is 11.9. The molecule has 1 aromatic carbocycles. The van der Waals surface area contributed by atoms with Crippen molar-refractivity contribution in [2.45, 2.75) is 25.3 Å². The summed E-state index contributed by atoms with van der Waals surface area (Å²) in [4.78, 5) is 35.5. The van der Waals surface area contributed by atoms with E-state index in [1.54, 1.807) is 16.2 Å². The van der Waals surface area contributed by atoms with E-state index in [4.69, 9.17) is 11.2 Å². The van der Waals surface area contributed by atoms with Crippen LogP contribution in [-0.4, -0.2) is 77.6 Å². The Morgan fingerprint density at radius 1 is 1.06 bits per heavy atom. The second-order valence-electron chi connectivity index (χ2n) is 8.14. The zero-order valence-electron chi connectivity index (χ0n) is 18.1. The maximum Gasteiger partial charge on any atom is 0.410 e. The summed E-state index contributed by atoms with van der Waals surface area (Å²) in [6.45, 7) is 5.31. The fourth-order valence-electron chi connectivity index (χ4n) is 4.19. The summed E-state index contributed by atoms with van der Waals surface area (Å²) in [6, 6.07) is 10.4. The number of piperazine rings is 1. The Labute approximate surface area is 193 Å². The van der Waals surface area contributed by atoms with Gasteiger partial charge in [0.25, 0.3) is 5.91 Å². The van der Waals surface area contributed by atoms with Crippen LogP contribution in [0.15, 0.2) is 35.7 Å². The summed E-state index contributed by atoms with van der Waals surface area (Å²) < 4.78 is 5.00. The molecule has 0 unspecified atom stereocenters. The predicted octanol–water partition coefficient (Wildman–Crippen LogP) is 3.05. The van der Waals surface area contributed by atoms with E-state index in [-0.39, 0.29) is 24.5 Å². The first kappa shape index (κ1) is 22.3. The Balaban J connectivity index is 1.26. The van der Waals surface area contributed by atoms with Gasteiger partial charge < -0.3 is 14.5 Å². The van der Waals surface area contributed by atoms with Crippen LogP contribution in [0.25, 0.3) is 0 Å². The molecule has 0 N–H and O–H groups in total. The second kappa shape index (κ2) is 10.6.